The monoisotopic (exact) mass is 523 g/mol. The first-order valence-electron chi connectivity index (χ1n) is 10.9. The highest BCUT2D eigenvalue weighted by Crippen LogP contribution is 2.18. The maximum absolute atomic E-state index is 12.6. The Balaban J connectivity index is 1.96. The lowest BCUT2D eigenvalue weighted by Crippen LogP contribution is -2.58. The molecule has 196 valence electrons. The molecule has 4 atom stereocenters. The van der Waals surface area contributed by atoms with E-state index in [9.17, 15) is 34.2 Å². The number of thiol groups is 1. The largest absolute Gasteiger partial charge is 0.481 e. The lowest BCUT2D eigenvalue weighted by atomic mass is 10.0. The molecule has 14 heteroatoms. The molecule has 1 aromatic carbocycles. The number of carbonyl (C=O) groups excluding carboxylic acids is 3. The molecule has 0 saturated heterocycles. The molecule has 0 radical (unpaired) electrons. The molecule has 4 unspecified atom stereocenters. The van der Waals surface area contributed by atoms with Crippen molar-refractivity contribution in [1.29, 1.82) is 0 Å². The van der Waals surface area contributed by atoms with Crippen LogP contribution in [0.5, 0.6) is 0 Å². The van der Waals surface area contributed by atoms with Gasteiger partial charge in [-0.2, -0.15) is 12.6 Å². The van der Waals surface area contributed by atoms with Gasteiger partial charge in [0.25, 0.3) is 0 Å². The van der Waals surface area contributed by atoms with Crippen LogP contribution in [0.2, 0.25) is 0 Å². The Kier molecular flexibility index (Phi) is 10.7. The number of aliphatic hydroxyl groups is 1. The van der Waals surface area contributed by atoms with E-state index >= 15 is 0 Å². The quantitative estimate of drug-likeness (QED) is 0.129. The molecule has 0 aliphatic carbocycles. The number of aromatic nitrogens is 1. The second kappa shape index (κ2) is 13.5. The van der Waals surface area contributed by atoms with E-state index in [1.807, 2.05) is 24.3 Å². The number of H-pyrrole nitrogens is 1. The topological polar surface area (TPSA) is 224 Å². The van der Waals surface area contributed by atoms with E-state index < -0.39 is 66.9 Å². The molecule has 0 spiro atoms. The van der Waals surface area contributed by atoms with Gasteiger partial charge in [-0.1, -0.05) is 18.2 Å². The highest BCUT2D eigenvalue weighted by atomic mass is 32.1. The average Bonchev–Trinajstić information content (AvgIpc) is 3.25. The van der Waals surface area contributed by atoms with Gasteiger partial charge in [0.15, 0.2) is 0 Å². The highest BCUT2D eigenvalue weighted by Gasteiger charge is 2.30. The Morgan fingerprint density at radius 1 is 0.944 bits per heavy atom. The molecule has 3 amide bonds. The number of nitrogens with two attached hydrogens (primary N) is 1. The Morgan fingerprint density at radius 3 is 2.17 bits per heavy atom. The first-order chi connectivity index (χ1) is 17.1. The van der Waals surface area contributed by atoms with Gasteiger partial charge in [0.1, 0.15) is 18.1 Å². The number of aliphatic carboxylic acids is 2. The van der Waals surface area contributed by atoms with Gasteiger partial charge in [0, 0.05) is 29.3 Å². The van der Waals surface area contributed by atoms with Crippen LogP contribution in [-0.4, -0.2) is 86.5 Å². The van der Waals surface area contributed by atoms with Gasteiger partial charge >= 0.3 is 11.9 Å². The first kappa shape index (κ1) is 28.6. The van der Waals surface area contributed by atoms with E-state index in [0.29, 0.717) is 0 Å². The summed E-state index contributed by atoms with van der Waals surface area (Å²) in [4.78, 5) is 62.7. The van der Waals surface area contributed by atoms with E-state index in [2.05, 4.69) is 33.6 Å². The predicted molar refractivity (Wildman–Crippen MR) is 131 cm³/mol. The molecule has 0 fully saturated rings. The van der Waals surface area contributed by atoms with Gasteiger partial charge in [0.05, 0.1) is 12.6 Å². The number of para-hydroxylation sites is 1. The number of nitrogens with one attached hydrogen (secondary N) is 4. The van der Waals surface area contributed by atoms with Gasteiger partial charge in [-0.25, -0.2) is 4.79 Å². The molecule has 9 N–H and O–H groups in total. The van der Waals surface area contributed by atoms with E-state index in [-0.39, 0.29) is 18.6 Å². The molecule has 13 nitrogen and oxygen atoms in total. The number of aliphatic hydroxyl groups excluding tert-OH is 1. The molecule has 0 aliphatic rings. The fourth-order valence-corrected chi connectivity index (χ4v) is 3.62. The first-order valence-corrected chi connectivity index (χ1v) is 11.6. The lowest BCUT2D eigenvalue weighted by molar-refractivity contribution is -0.143. The number of amides is 3. The van der Waals surface area contributed by atoms with Gasteiger partial charge in [-0.15, -0.1) is 0 Å². The normalized spacial score (nSPS) is 14.3. The maximum Gasteiger partial charge on any atom is 0.326 e. The smallest absolute Gasteiger partial charge is 0.326 e. The maximum atomic E-state index is 12.6. The minimum atomic E-state index is -1.50. The molecule has 2 rings (SSSR count). The summed E-state index contributed by atoms with van der Waals surface area (Å²) in [6, 6.07) is 2.14. The van der Waals surface area contributed by atoms with Crippen LogP contribution >= 0.6 is 12.6 Å². The Morgan fingerprint density at radius 2 is 1.56 bits per heavy atom. The molecule has 0 aliphatic heterocycles. The summed E-state index contributed by atoms with van der Waals surface area (Å²) in [6.07, 6.45) is 1.02. The van der Waals surface area contributed by atoms with Crippen LogP contribution in [0.4, 0.5) is 0 Å². The van der Waals surface area contributed by atoms with Gasteiger partial charge in [-0.3, -0.25) is 19.2 Å². The second-order valence-corrected chi connectivity index (χ2v) is 8.35. The summed E-state index contributed by atoms with van der Waals surface area (Å²) in [5.74, 6) is -5.47. The number of hydrogen-bond donors (Lipinski definition) is 9. The fraction of sp³-hybridized carbons (Fsp3) is 0.409. The number of carboxylic acid groups (broad SMARTS) is 2. The molecule has 1 aromatic heterocycles. The average molecular weight is 524 g/mol. The van der Waals surface area contributed by atoms with Crippen LogP contribution in [0.15, 0.2) is 30.5 Å². The molecule has 0 saturated carbocycles. The molecular weight excluding hydrogens is 494 g/mol. The lowest BCUT2D eigenvalue weighted by Gasteiger charge is -2.23. The van der Waals surface area contributed by atoms with Crippen LogP contribution in [0, 0.1) is 0 Å². The van der Waals surface area contributed by atoms with Crippen LogP contribution < -0.4 is 21.7 Å². The van der Waals surface area contributed by atoms with Crippen LogP contribution in [0.25, 0.3) is 10.9 Å². The van der Waals surface area contributed by atoms with Crippen molar-refractivity contribution in [3.63, 3.8) is 0 Å². The second-order valence-electron chi connectivity index (χ2n) is 7.99. The zero-order valence-corrected chi connectivity index (χ0v) is 20.0. The SMILES string of the molecule is NC(Cc1c[nH]c2ccccc12)C(=O)NC(CO)C(=O)NC(CS)C(=O)NC(CCC(=O)O)C(=O)O. The summed E-state index contributed by atoms with van der Waals surface area (Å²) in [7, 11) is 0. The van der Waals surface area contributed by atoms with E-state index in [0.717, 1.165) is 16.5 Å². The van der Waals surface area contributed by atoms with Crippen molar-refractivity contribution in [1.82, 2.24) is 20.9 Å². The highest BCUT2D eigenvalue weighted by molar-refractivity contribution is 7.80. The molecule has 36 heavy (non-hydrogen) atoms. The van der Waals surface area contributed by atoms with Crippen molar-refractivity contribution in [2.24, 2.45) is 5.73 Å². The van der Waals surface area contributed by atoms with Crippen molar-refractivity contribution >= 4 is 53.2 Å². The zero-order valence-electron chi connectivity index (χ0n) is 19.1. The van der Waals surface area contributed by atoms with Crippen LogP contribution in [-0.2, 0) is 30.4 Å². The summed E-state index contributed by atoms with van der Waals surface area (Å²) >= 11 is 3.98. The number of carbonyl (C=O) groups is 5. The third kappa shape index (κ3) is 7.96. The van der Waals surface area contributed by atoms with Crippen LogP contribution in [0.1, 0.15) is 18.4 Å². The third-order valence-corrected chi connectivity index (χ3v) is 5.71. The Hall–Kier alpha value is -3.62. The van der Waals surface area contributed by atoms with Gasteiger partial charge in [0.2, 0.25) is 17.7 Å². The Labute approximate surface area is 211 Å². The van der Waals surface area contributed by atoms with E-state index in [4.69, 9.17) is 10.8 Å². The van der Waals surface area contributed by atoms with Gasteiger partial charge < -0.3 is 42.0 Å². The minimum Gasteiger partial charge on any atom is -0.481 e. The summed E-state index contributed by atoms with van der Waals surface area (Å²) in [5.41, 5.74) is 7.66. The molecule has 1 heterocycles. The summed E-state index contributed by atoms with van der Waals surface area (Å²) < 4.78 is 0. The number of fused-ring (bicyclic) bond motifs is 1. The predicted octanol–water partition coefficient (Wildman–Crippen LogP) is -1.64. The minimum absolute atomic E-state index is 0.157. The van der Waals surface area contributed by atoms with Crippen molar-refractivity contribution < 1.29 is 39.3 Å². The van der Waals surface area contributed by atoms with Crippen molar-refractivity contribution in [2.45, 2.75) is 43.4 Å². The van der Waals surface area contributed by atoms with Gasteiger partial charge in [-0.05, 0) is 24.5 Å². The van der Waals surface area contributed by atoms with E-state index in [1.165, 1.54) is 0 Å². The summed E-state index contributed by atoms with van der Waals surface area (Å²) in [6.45, 7) is -0.797. The van der Waals surface area contributed by atoms with E-state index in [1.54, 1.807) is 6.20 Å². The fourth-order valence-electron chi connectivity index (χ4n) is 3.37. The number of carboxylic acids is 2. The summed E-state index contributed by atoms with van der Waals surface area (Å²) in [5, 5.41) is 35.2. The molecule has 2 aromatic rings. The molecular formula is C22H29N5O8S. The molecule has 0 bridgehead atoms. The van der Waals surface area contributed by atoms with Crippen molar-refractivity contribution in [3.8, 4) is 0 Å². The number of rotatable bonds is 14. The van der Waals surface area contributed by atoms with Crippen molar-refractivity contribution in [3.05, 3.63) is 36.0 Å². The standard InChI is InChI=1S/C22H29N5O8S/c23-13(7-11-8-24-14-4-2-1-3-12(11)14)19(31)26-16(9-28)20(32)27-17(10-36)21(33)25-15(22(34)35)5-6-18(29)30/h1-4,8,13,15-17,24,28,36H,5-7,9-10,23H2,(H,25,33)(H,26,31)(H,27,32)(H,29,30)(H,34,35). The number of aromatic amines is 1. The Bertz CT molecular complexity index is 1110. The van der Waals surface area contributed by atoms with Crippen molar-refractivity contribution in [2.75, 3.05) is 12.4 Å². The zero-order chi connectivity index (χ0) is 26.8. The third-order valence-electron chi connectivity index (χ3n) is 5.34. The number of benzene rings is 1. The van der Waals surface area contributed by atoms with Crippen LogP contribution in [0.3, 0.4) is 0 Å². The number of hydrogen-bond acceptors (Lipinski definition) is 8.